The topological polar surface area (TPSA) is 20.3 Å². The van der Waals surface area contributed by atoms with E-state index < -0.39 is 0 Å². The molecule has 0 spiro atoms. The van der Waals surface area contributed by atoms with E-state index in [-0.39, 0.29) is 11.2 Å². The van der Waals surface area contributed by atoms with Crippen molar-refractivity contribution in [1.82, 2.24) is 0 Å². The SMILES string of the molecule is Cc1cc(C)c(N2CC(S)CC2=O)cc1Br. The highest BCUT2D eigenvalue weighted by atomic mass is 79.9. The summed E-state index contributed by atoms with van der Waals surface area (Å²) in [6.07, 6.45) is 0.536. The van der Waals surface area contributed by atoms with E-state index in [0.717, 1.165) is 15.7 Å². The third-order valence-corrected chi connectivity index (χ3v) is 4.07. The molecule has 0 aromatic heterocycles. The van der Waals surface area contributed by atoms with Crippen LogP contribution < -0.4 is 4.90 Å². The predicted molar refractivity (Wildman–Crippen MR) is 73.4 cm³/mol. The number of carbonyl (C=O) groups excluding carboxylic acids is 1. The van der Waals surface area contributed by atoms with Crippen molar-refractivity contribution in [3.8, 4) is 0 Å². The maximum absolute atomic E-state index is 11.8. The van der Waals surface area contributed by atoms with Crippen molar-refractivity contribution in [2.45, 2.75) is 25.5 Å². The van der Waals surface area contributed by atoms with Gasteiger partial charge in [0.15, 0.2) is 0 Å². The van der Waals surface area contributed by atoms with E-state index in [1.165, 1.54) is 5.56 Å². The fraction of sp³-hybridized carbons (Fsp3) is 0.417. The average Bonchev–Trinajstić information content (AvgIpc) is 2.51. The molecule has 1 aliphatic rings. The maximum atomic E-state index is 11.8. The molecule has 1 heterocycles. The van der Waals surface area contributed by atoms with Gasteiger partial charge in [-0.3, -0.25) is 4.79 Å². The van der Waals surface area contributed by atoms with Crippen LogP contribution in [0, 0.1) is 13.8 Å². The fourth-order valence-electron chi connectivity index (χ4n) is 2.03. The second-order valence-electron chi connectivity index (χ2n) is 4.25. The summed E-state index contributed by atoms with van der Waals surface area (Å²) in [5.74, 6) is 0.166. The summed E-state index contributed by atoms with van der Waals surface area (Å²) >= 11 is 7.87. The molecular weight excluding hydrogens is 286 g/mol. The van der Waals surface area contributed by atoms with Crippen LogP contribution in [0.1, 0.15) is 17.5 Å². The fourth-order valence-corrected chi connectivity index (χ4v) is 2.68. The number of benzene rings is 1. The zero-order chi connectivity index (χ0) is 11.9. The molecule has 86 valence electrons. The Morgan fingerprint density at radius 1 is 1.38 bits per heavy atom. The summed E-state index contributed by atoms with van der Waals surface area (Å²) in [7, 11) is 0. The van der Waals surface area contributed by atoms with Crippen molar-refractivity contribution in [3.05, 3.63) is 27.7 Å². The van der Waals surface area contributed by atoms with Gasteiger partial charge in [0, 0.05) is 28.4 Å². The lowest BCUT2D eigenvalue weighted by atomic mass is 10.1. The summed E-state index contributed by atoms with van der Waals surface area (Å²) in [4.78, 5) is 13.6. The van der Waals surface area contributed by atoms with Gasteiger partial charge in [-0.2, -0.15) is 12.6 Å². The number of thiol groups is 1. The number of rotatable bonds is 1. The Hall–Kier alpha value is -0.480. The predicted octanol–water partition coefficient (Wildman–Crippen LogP) is 3.10. The molecule has 1 fully saturated rings. The summed E-state index contributed by atoms with van der Waals surface area (Å²) in [5, 5.41) is 0.159. The first-order valence-corrected chi connectivity index (χ1v) is 6.55. The number of amides is 1. The van der Waals surface area contributed by atoms with Crippen molar-refractivity contribution in [2.75, 3.05) is 11.4 Å². The highest BCUT2D eigenvalue weighted by molar-refractivity contribution is 9.10. The number of carbonyl (C=O) groups is 1. The van der Waals surface area contributed by atoms with Crippen LogP contribution in [0.5, 0.6) is 0 Å². The molecule has 1 aromatic carbocycles. The minimum absolute atomic E-state index is 0.159. The molecule has 1 aliphatic heterocycles. The molecule has 1 saturated heterocycles. The smallest absolute Gasteiger partial charge is 0.228 e. The minimum atomic E-state index is 0.159. The van der Waals surface area contributed by atoms with E-state index in [1.807, 2.05) is 24.8 Å². The van der Waals surface area contributed by atoms with Crippen LogP contribution in [0.15, 0.2) is 16.6 Å². The number of hydrogen-bond acceptors (Lipinski definition) is 2. The van der Waals surface area contributed by atoms with Gasteiger partial charge < -0.3 is 4.90 Å². The third kappa shape index (κ3) is 2.13. The number of aryl methyl sites for hydroxylation is 2. The van der Waals surface area contributed by atoms with Gasteiger partial charge in [-0.05, 0) is 31.0 Å². The molecular formula is C12H14BrNOS. The van der Waals surface area contributed by atoms with Crippen LogP contribution in [0.25, 0.3) is 0 Å². The monoisotopic (exact) mass is 299 g/mol. The molecule has 0 bridgehead atoms. The molecule has 0 radical (unpaired) electrons. The van der Waals surface area contributed by atoms with Gasteiger partial charge in [-0.1, -0.05) is 22.0 Å². The van der Waals surface area contributed by atoms with Gasteiger partial charge in [0.25, 0.3) is 0 Å². The summed E-state index contributed by atoms with van der Waals surface area (Å²) in [6.45, 7) is 4.79. The lowest BCUT2D eigenvalue weighted by Crippen LogP contribution is -2.25. The highest BCUT2D eigenvalue weighted by Gasteiger charge is 2.29. The number of halogens is 1. The van der Waals surface area contributed by atoms with Crippen LogP contribution in [0.4, 0.5) is 5.69 Å². The van der Waals surface area contributed by atoms with Crippen LogP contribution in [0.2, 0.25) is 0 Å². The molecule has 0 saturated carbocycles. The zero-order valence-electron chi connectivity index (χ0n) is 9.33. The van der Waals surface area contributed by atoms with E-state index in [4.69, 9.17) is 0 Å². The summed E-state index contributed by atoms with van der Waals surface area (Å²) < 4.78 is 1.04. The van der Waals surface area contributed by atoms with Crippen molar-refractivity contribution in [3.63, 3.8) is 0 Å². The van der Waals surface area contributed by atoms with Crippen molar-refractivity contribution >= 4 is 40.2 Å². The minimum Gasteiger partial charge on any atom is -0.311 e. The number of nitrogens with zero attached hydrogens (tertiary/aromatic N) is 1. The highest BCUT2D eigenvalue weighted by Crippen LogP contribution is 2.31. The Bertz CT molecular complexity index is 447. The van der Waals surface area contributed by atoms with Crippen LogP contribution in [-0.4, -0.2) is 17.7 Å². The standard InChI is InChI=1S/C12H14BrNOS/c1-7-3-8(2)11(5-10(7)13)14-6-9(16)4-12(14)15/h3,5,9,16H,4,6H2,1-2H3. The molecule has 2 rings (SSSR count). The van der Waals surface area contributed by atoms with E-state index in [1.54, 1.807) is 0 Å². The van der Waals surface area contributed by atoms with Crippen LogP contribution >= 0.6 is 28.6 Å². The molecule has 0 aliphatic carbocycles. The van der Waals surface area contributed by atoms with E-state index in [0.29, 0.717) is 13.0 Å². The molecule has 1 atom stereocenters. The van der Waals surface area contributed by atoms with E-state index in [2.05, 4.69) is 34.6 Å². The van der Waals surface area contributed by atoms with Crippen molar-refractivity contribution in [2.24, 2.45) is 0 Å². The zero-order valence-corrected chi connectivity index (χ0v) is 11.8. The quantitative estimate of drug-likeness (QED) is 0.790. The second-order valence-corrected chi connectivity index (χ2v) is 5.83. The van der Waals surface area contributed by atoms with Gasteiger partial charge in [0.2, 0.25) is 5.91 Å². The molecule has 0 N–H and O–H groups in total. The van der Waals surface area contributed by atoms with E-state index >= 15 is 0 Å². The molecule has 1 amide bonds. The molecule has 1 unspecified atom stereocenters. The van der Waals surface area contributed by atoms with Crippen molar-refractivity contribution < 1.29 is 4.79 Å². The van der Waals surface area contributed by atoms with Gasteiger partial charge >= 0.3 is 0 Å². The first-order chi connectivity index (χ1) is 7.49. The second kappa shape index (κ2) is 4.41. The van der Waals surface area contributed by atoms with Crippen molar-refractivity contribution in [1.29, 1.82) is 0 Å². The first-order valence-electron chi connectivity index (χ1n) is 5.24. The Balaban J connectivity index is 2.41. The Kier molecular flexibility index (Phi) is 3.31. The first kappa shape index (κ1) is 12.0. The third-order valence-electron chi connectivity index (χ3n) is 2.87. The molecule has 1 aromatic rings. The van der Waals surface area contributed by atoms with Crippen LogP contribution in [-0.2, 0) is 4.79 Å². The average molecular weight is 300 g/mol. The molecule has 16 heavy (non-hydrogen) atoms. The largest absolute Gasteiger partial charge is 0.311 e. The lowest BCUT2D eigenvalue weighted by molar-refractivity contribution is -0.117. The maximum Gasteiger partial charge on any atom is 0.228 e. The Morgan fingerprint density at radius 2 is 2.06 bits per heavy atom. The number of hydrogen-bond donors (Lipinski definition) is 1. The molecule has 4 heteroatoms. The van der Waals surface area contributed by atoms with E-state index in [9.17, 15) is 4.79 Å². The normalized spacial score (nSPS) is 20.6. The lowest BCUT2D eigenvalue weighted by Gasteiger charge is -2.19. The van der Waals surface area contributed by atoms with Gasteiger partial charge in [-0.15, -0.1) is 0 Å². The van der Waals surface area contributed by atoms with Gasteiger partial charge in [0.05, 0.1) is 0 Å². The van der Waals surface area contributed by atoms with Gasteiger partial charge in [-0.25, -0.2) is 0 Å². The Labute approximate surface area is 110 Å². The summed E-state index contributed by atoms with van der Waals surface area (Å²) in [6, 6.07) is 4.12. The van der Waals surface area contributed by atoms with Crippen LogP contribution in [0.3, 0.4) is 0 Å². The molecule has 2 nitrogen and oxygen atoms in total. The Morgan fingerprint density at radius 3 is 2.62 bits per heavy atom. The van der Waals surface area contributed by atoms with Gasteiger partial charge in [0.1, 0.15) is 0 Å². The number of anilines is 1. The summed E-state index contributed by atoms with van der Waals surface area (Å²) in [5.41, 5.74) is 3.32.